The highest BCUT2D eigenvalue weighted by Gasteiger charge is 2.11. The van der Waals surface area contributed by atoms with Crippen molar-refractivity contribution in [3.63, 3.8) is 0 Å². The molecule has 0 spiro atoms. The van der Waals surface area contributed by atoms with Crippen LogP contribution < -0.4 is 5.32 Å². The van der Waals surface area contributed by atoms with Crippen molar-refractivity contribution in [2.24, 2.45) is 0 Å². The van der Waals surface area contributed by atoms with E-state index >= 15 is 0 Å². The SMILES string of the molecule is C#CCN(CC=C(Cl)Cl)C(=O)Nc1ccc(Cl)cc1. The molecule has 1 rings (SSSR count). The summed E-state index contributed by atoms with van der Waals surface area (Å²) >= 11 is 16.8. The van der Waals surface area contributed by atoms with E-state index in [1.807, 2.05) is 0 Å². The summed E-state index contributed by atoms with van der Waals surface area (Å²) in [7, 11) is 0. The summed E-state index contributed by atoms with van der Waals surface area (Å²) in [6, 6.07) is 6.40. The molecule has 1 aromatic carbocycles. The van der Waals surface area contributed by atoms with Crippen LogP contribution in [-0.2, 0) is 0 Å². The first-order chi connectivity index (χ1) is 9.02. The molecule has 0 radical (unpaired) electrons. The Bertz CT molecular complexity index is 502. The maximum absolute atomic E-state index is 12.0. The quantitative estimate of drug-likeness (QED) is 0.832. The van der Waals surface area contributed by atoms with E-state index in [2.05, 4.69) is 11.2 Å². The second kappa shape index (κ2) is 7.96. The number of nitrogens with one attached hydrogen (secondary N) is 1. The average Bonchev–Trinajstić information content (AvgIpc) is 2.37. The lowest BCUT2D eigenvalue weighted by atomic mass is 10.3. The number of carbonyl (C=O) groups is 1. The first kappa shape index (κ1) is 15.7. The number of terminal acetylenes is 1. The van der Waals surface area contributed by atoms with Crippen LogP contribution in [0.1, 0.15) is 0 Å². The van der Waals surface area contributed by atoms with Gasteiger partial charge in [-0.05, 0) is 30.3 Å². The molecule has 1 N–H and O–H groups in total. The molecule has 19 heavy (non-hydrogen) atoms. The Morgan fingerprint density at radius 1 is 1.37 bits per heavy atom. The average molecular weight is 318 g/mol. The van der Waals surface area contributed by atoms with E-state index in [9.17, 15) is 4.79 Å². The van der Waals surface area contributed by atoms with Gasteiger partial charge in [-0.15, -0.1) is 6.42 Å². The van der Waals surface area contributed by atoms with Gasteiger partial charge in [-0.25, -0.2) is 4.79 Å². The van der Waals surface area contributed by atoms with Gasteiger partial charge in [-0.3, -0.25) is 0 Å². The van der Waals surface area contributed by atoms with Crippen molar-refractivity contribution < 1.29 is 4.79 Å². The van der Waals surface area contributed by atoms with Gasteiger partial charge in [0.15, 0.2) is 0 Å². The van der Waals surface area contributed by atoms with Gasteiger partial charge in [0.1, 0.15) is 4.49 Å². The summed E-state index contributed by atoms with van der Waals surface area (Å²) in [4.78, 5) is 13.4. The van der Waals surface area contributed by atoms with Crippen LogP contribution in [0.4, 0.5) is 10.5 Å². The van der Waals surface area contributed by atoms with E-state index in [4.69, 9.17) is 41.2 Å². The third kappa shape index (κ3) is 5.89. The fourth-order valence-corrected chi connectivity index (χ4v) is 1.51. The minimum absolute atomic E-state index is 0.0846. The molecular weight excluding hydrogens is 307 g/mol. The third-order valence-corrected chi connectivity index (χ3v) is 2.69. The molecule has 0 bridgehead atoms. The van der Waals surface area contributed by atoms with Crippen LogP contribution in [0.25, 0.3) is 0 Å². The van der Waals surface area contributed by atoms with Gasteiger partial charge in [0.25, 0.3) is 0 Å². The number of carbonyl (C=O) groups excluding carboxylic acids is 1. The predicted molar refractivity (Wildman–Crippen MR) is 80.7 cm³/mol. The highest BCUT2D eigenvalue weighted by Crippen LogP contribution is 2.14. The minimum atomic E-state index is -0.342. The van der Waals surface area contributed by atoms with Gasteiger partial charge in [-0.1, -0.05) is 40.7 Å². The Morgan fingerprint density at radius 2 is 2.00 bits per heavy atom. The maximum atomic E-state index is 12.0. The van der Waals surface area contributed by atoms with E-state index in [1.54, 1.807) is 24.3 Å². The van der Waals surface area contributed by atoms with Gasteiger partial charge in [-0.2, -0.15) is 0 Å². The van der Waals surface area contributed by atoms with Gasteiger partial charge in [0.2, 0.25) is 0 Å². The summed E-state index contributed by atoms with van der Waals surface area (Å²) in [6.45, 7) is 0.378. The predicted octanol–water partition coefficient (Wildman–Crippen LogP) is 4.13. The van der Waals surface area contributed by atoms with Crippen LogP contribution in [-0.4, -0.2) is 24.0 Å². The Balaban J connectivity index is 2.69. The lowest BCUT2D eigenvalue weighted by Gasteiger charge is -2.19. The lowest BCUT2D eigenvalue weighted by molar-refractivity contribution is 0.222. The number of hydrogen-bond donors (Lipinski definition) is 1. The fraction of sp³-hybridized carbons (Fsp3) is 0.154. The Hall–Kier alpha value is -1.34. The Kier molecular flexibility index (Phi) is 6.58. The van der Waals surface area contributed by atoms with E-state index < -0.39 is 0 Å². The molecule has 6 heteroatoms. The zero-order chi connectivity index (χ0) is 14.3. The van der Waals surface area contributed by atoms with Crippen LogP contribution in [0, 0.1) is 12.3 Å². The Labute approximate surface area is 127 Å². The second-order valence-electron chi connectivity index (χ2n) is 3.52. The number of urea groups is 1. The number of halogens is 3. The number of rotatable bonds is 4. The van der Waals surface area contributed by atoms with Crippen molar-refractivity contribution in [1.29, 1.82) is 0 Å². The first-order valence-corrected chi connectivity index (χ1v) is 6.42. The zero-order valence-electron chi connectivity index (χ0n) is 9.87. The van der Waals surface area contributed by atoms with Crippen LogP contribution in [0.2, 0.25) is 5.02 Å². The maximum Gasteiger partial charge on any atom is 0.322 e. The van der Waals surface area contributed by atoms with Crippen molar-refractivity contribution in [3.8, 4) is 12.3 Å². The molecule has 0 heterocycles. The number of amides is 2. The normalized spacial score (nSPS) is 9.37. The van der Waals surface area contributed by atoms with E-state index in [0.717, 1.165) is 0 Å². The third-order valence-electron chi connectivity index (χ3n) is 2.13. The molecule has 0 saturated carbocycles. The van der Waals surface area contributed by atoms with E-state index in [-0.39, 0.29) is 23.6 Å². The molecule has 100 valence electrons. The molecule has 0 fully saturated rings. The van der Waals surface area contributed by atoms with E-state index in [0.29, 0.717) is 10.7 Å². The molecule has 0 unspecified atom stereocenters. The molecule has 1 aromatic rings. The van der Waals surface area contributed by atoms with Crippen LogP contribution >= 0.6 is 34.8 Å². The highest BCUT2D eigenvalue weighted by molar-refractivity contribution is 6.55. The summed E-state index contributed by atoms with van der Waals surface area (Å²) in [5, 5.41) is 3.29. The first-order valence-electron chi connectivity index (χ1n) is 5.29. The van der Waals surface area contributed by atoms with Crippen molar-refractivity contribution in [2.75, 3.05) is 18.4 Å². The van der Waals surface area contributed by atoms with Gasteiger partial charge in [0, 0.05) is 17.3 Å². The fourth-order valence-electron chi connectivity index (χ4n) is 1.24. The molecule has 0 aliphatic heterocycles. The largest absolute Gasteiger partial charge is 0.322 e. The zero-order valence-corrected chi connectivity index (χ0v) is 12.1. The van der Waals surface area contributed by atoms with Gasteiger partial charge < -0.3 is 10.2 Å². The van der Waals surface area contributed by atoms with Gasteiger partial charge in [0.05, 0.1) is 6.54 Å². The van der Waals surface area contributed by atoms with Crippen LogP contribution in [0.3, 0.4) is 0 Å². The number of anilines is 1. The van der Waals surface area contributed by atoms with Crippen molar-refractivity contribution in [1.82, 2.24) is 4.90 Å². The number of benzene rings is 1. The second-order valence-corrected chi connectivity index (χ2v) is 4.96. The molecule has 2 amide bonds. The Morgan fingerprint density at radius 3 is 2.53 bits per heavy atom. The summed E-state index contributed by atoms with van der Waals surface area (Å²) in [6.07, 6.45) is 6.70. The lowest BCUT2D eigenvalue weighted by Crippen LogP contribution is -2.35. The monoisotopic (exact) mass is 316 g/mol. The molecule has 0 aliphatic carbocycles. The topological polar surface area (TPSA) is 32.3 Å². The minimum Gasteiger partial charge on any atom is -0.310 e. The molecule has 0 aliphatic rings. The molecule has 0 saturated heterocycles. The molecule has 0 atom stereocenters. The standard InChI is InChI=1S/C13H11Cl3N2O/c1-2-8-18(9-7-12(15)16)13(19)17-11-5-3-10(14)4-6-11/h1,3-7H,8-9H2,(H,17,19). The smallest absolute Gasteiger partial charge is 0.310 e. The van der Waals surface area contributed by atoms with Crippen molar-refractivity contribution >= 4 is 46.5 Å². The number of hydrogen-bond acceptors (Lipinski definition) is 1. The highest BCUT2D eigenvalue weighted by atomic mass is 35.5. The molecular formula is C13H11Cl3N2O. The van der Waals surface area contributed by atoms with Crippen LogP contribution in [0.15, 0.2) is 34.8 Å². The summed E-state index contributed by atoms with van der Waals surface area (Å²) in [5.74, 6) is 2.40. The van der Waals surface area contributed by atoms with E-state index in [1.165, 1.54) is 11.0 Å². The summed E-state index contributed by atoms with van der Waals surface area (Å²) < 4.78 is 0.0846. The van der Waals surface area contributed by atoms with Crippen LogP contribution in [0.5, 0.6) is 0 Å². The number of nitrogens with zero attached hydrogens (tertiary/aromatic N) is 1. The molecule has 3 nitrogen and oxygen atoms in total. The van der Waals surface area contributed by atoms with Gasteiger partial charge >= 0.3 is 6.03 Å². The molecule has 0 aromatic heterocycles. The van der Waals surface area contributed by atoms with Crippen molar-refractivity contribution in [3.05, 3.63) is 39.9 Å². The summed E-state index contributed by atoms with van der Waals surface area (Å²) in [5.41, 5.74) is 0.623. The van der Waals surface area contributed by atoms with Crippen molar-refractivity contribution in [2.45, 2.75) is 0 Å².